The Morgan fingerprint density at radius 2 is 1.90 bits per heavy atom. The summed E-state index contributed by atoms with van der Waals surface area (Å²) in [6.45, 7) is 1.69. The fourth-order valence-electron chi connectivity index (χ4n) is 2.07. The Bertz CT molecular complexity index is 644. The lowest BCUT2D eigenvalue weighted by Crippen LogP contribution is -2.24. The zero-order chi connectivity index (χ0) is 14.9. The van der Waals surface area contributed by atoms with E-state index in [1.165, 1.54) is 6.07 Å². The van der Waals surface area contributed by atoms with Gasteiger partial charge in [0.2, 0.25) is 0 Å². The second kappa shape index (κ2) is 6.14. The highest BCUT2D eigenvalue weighted by Gasteiger charge is 2.26. The number of benzene rings is 2. The van der Waals surface area contributed by atoms with E-state index >= 15 is 0 Å². The van der Waals surface area contributed by atoms with Crippen LogP contribution in [0.15, 0.2) is 45.3 Å². The molecule has 2 aromatic rings. The number of halogens is 4. The third kappa shape index (κ3) is 3.61. The average molecular weight is 423 g/mol. The zero-order valence-electron chi connectivity index (χ0n) is 10.6. The Labute approximate surface area is 139 Å². The van der Waals surface area contributed by atoms with Gasteiger partial charge in [-0.2, -0.15) is 0 Å². The molecule has 0 fully saturated rings. The standard InChI is InChI=1S/C15H12Br2ClFO/c1-15(20,11-4-3-10(16)7-13(11)18)8-9-2-5-14(19)12(17)6-9/h2-7,20H,8H2,1H3. The van der Waals surface area contributed by atoms with Crippen molar-refractivity contribution in [1.82, 2.24) is 0 Å². The lowest BCUT2D eigenvalue weighted by molar-refractivity contribution is 0.0577. The maximum Gasteiger partial charge on any atom is 0.137 e. The van der Waals surface area contributed by atoms with Crippen LogP contribution in [-0.2, 0) is 12.0 Å². The molecule has 2 rings (SSSR count). The second-order valence-electron chi connectivity index (χ2n) is 4.82. The molecule has 0 heterocycles. The van der Waals surface area contributed by atoms with E-state index in [1.54, 1.807) is 31.2 Å². The number of rotatable bonds is 3. The minimum atomic E-state index is -1.13. The van der Waals surface area contributed by atoms with Crippen molar-refractivity contribution in [3.05, 3.63) is 67.3 Å². The summed E-state index contributed by atoms with van der Waals surface area (Å²) < 4.78 is 14.5. The molecule has 106 valence electrons. The topological polar surface area (TPSA) is 20.2 Å². The first-order valence-electron chi connectivity index (χ1n) is 5.91. The molecule has 2 aromatic carbocycles. The van der Waals surface area contributed by atoms with Gasteiger partial charge in [-0.25, -0.2) is 4.39 Å². The van der Waals surface area contributed by atoms with Crippen LogP contribution in [0, 0.1) is 5.82 Å². The summed E-state index contributed by atoms with van der Waals surface area (Å²) >= 11 is 12.7. The Kier molecular flexibility index (Phi) is 4.90. The fourth-order valence-corrected chi connectivity index (χ4v) is 3.37. The summed E-state index contributed by atoms with van der Waals surface area (Å²) in [5.41, 5.74) is 0.333. The first-order valence-corrected chi connectivity index (χ1v) is 7.88. The molecule has 1 unspecified atom stereocenters. The monoisotopic (exact) mass is 420 g/mol. The Morgan fingerprint density at radius 1 is 1.20 bits per heavy atom. The maximum absolute atomic E-state index is 13.2. The van der Waals surface area contributed by atoms with Crippen LogP contribution in [0.2, 0.25) is 5.02 Å². The van der Waals surface area contributed by atoms with Gasteiger partial charge < -0.3 is 5.11 Å². The van der Waals surface area contributed by atoms with E-state index in [0.29, 0.717) is 21.5 Å². The Hall–Kier alpha value is -0.420. The van der Waals surface area contributed by atoms with Crippen molar-refractivity contribution >= 4 is 43.5 Å². The SMILES string of the molecule is CC(O)(Cc1ccc(F)c(Br)c1)c1ccc(Br)cc1Cl. The molecule has 0 spiro atoms. The van der Waals surface area contributed by atoms with Crippen LogP contribution >= 0.6 is 43.5 Å². The van der Waals surface area contributed by atoms with E-state index in [-0.39, 0.29) is 5.82 Å². The van der Waals surface area contributed by atoms with Crippen molar-refractivity contribution in [2.24, 2.45) is 0 Å². The molecule has 5 heteroatoms. The highest BCUT2D eigenvalue weighted by atomic mass is 79.9. The molecule has 1 N–H and O–H groups in total. The minimum Gasteiger partial charge on any atom is -0.385 e. The molecule has 0 radical (unpaired) electrons. The molecule has 20 heavy (non-hydrogen) atoms. The molecular formula is C15H12Br2ClFO. The summed E-state index contributed by atoms with van der Waals surface area (Å²) in [6, 6.07) is 10.0. The van der Waals surface area contributed by atoms with Gasteiger partial charge in [0.25, 0.3) is 0 Å². The summed E-state index contributed by atoms with van der Waals surface area (Å²) in [5, 5.41) is 11.2. The number of hydrogen-bond acceptors (Lipinski definition) is 1. The molecular weight excluding hydrogens is 410 g/mol. The molecule has 0 aliphatic rings. The molecule has 0 aromatic heterocycles. The van der Waals surface area contributed by atoms with E-state index in [4.69, 9.17) is 11.6 Å². The normalized spacial score (nSPS) is 14.1. The van der Waals surface area contributed by atoms with Gasteiger partial charge in [-0.3, -0.25) is 0 Å². The van der Waals surface area contributed by atoms with Crippen molar-refractivity contribution in [2.75, 3.05) is 0 Å². The van der Waals surface area contributed by atoms with E-state index in [0.717, 1.165) is 10.0 Å². The quantitative estimate of drug-likeness (QED) is 0.697. The maximum atomic E-state index is 13.2. The molecule has 0 bridgehead atoms. The smallest absolute Gasteiger partial charge is 0.137 e. The van der Waals surface area contributed by atoms with Crippen LogP contribution in [0.5, 0.6) is 0 Å². The lowest BCUT2D eigenvalue weighted by atomic mass is 9.89. The first kappa shape index (κ1) is 16.0. The molecule has 0 amide bonds. The highest BCUT2D eigenvalue weighted by molar-refractivity contribution is 9.10. The van der Waals surface area contributed by atoms with Crippen LogP contribution in [0.1, 0.15) is 18.1 Å². The van der Waals surface area contributed by atoms with Crippen molar-refractivity contribution in [3.8, 4) is 0 Å². The number of hydrogen-bond donors (Lipinski definition) is 1. The number of aliphatic hydroxyl groups is 1. The third-order valence-electron chi connectivity index (χ3n) is 3.04. The van der Waals surface area contributed by atoms with Gasteiger partial charge in [-0.05, 0) is 52.7 Å². The van der Waals surface area contributed by atoms with Crippen LogP contribution in [0.3, 0.4) is 0 Å². The highest BCUT2D eigenvalue weighted by Crippen LogP contribution is 2.33. The minimum absolute atomic E-state index is 0.324. The Balaban J connectivity index is 2.32. The molecule has 0 aliphatic heterocycles. The largest absolute Gasteiger partial charge is 0.385 e. The summed E-state index contributed by atoms with van der Waals surface area (Å²) in [4.78, 5) is 0. The van der Waals surface area contributed by atoms with Gasteiger partial charge in [0.15, 0.2) is 0 Å². The van der Waals surface area contributed by atoms with Crippen LogP contribution in [-0.4, -0.2) is 5.11 Å². The van der Waals surface area contributed by atoms with E-state index in [2.05, 4.69) is 31.9 Å². The van der Waals surface area contributed by atoms with Crippen molar-refractivity contribution < 1.29 is 9.50 Å². The van der Waals surface area contributed by atoms with Crippen molar-refractivity contribution in [1.29, 1.82) is 0 Å². The van der Waals surface area contributed by atoms with Crippen LogP contribution in [0.4, 0.5) is 4.39 Å². The summed E-state index contributed by atoms with van der Waals surface area (Å²) in [5.74, 6) is -0.324. The summed E-state index contributed by atoms with van der Waals surface area (Å²) in [7, 11) is 0. The van der Waals surface area contributed by atoms with Crippen molar-refractivity contribution in [3.63, 3.8) is 0 Å². The third-order valence-corrected chi connectivity index (χ3v) is 4.46. The summed E-state index contributed by atoms with van der Waals surface area (Å²) in [6.07, 6.45) is 0.341. The second-order valence-corrected chi connectivity index (χ2v) is 7.00. The molecule has 0 saturated carbocycles. The van der Waals surface area contributed by atoms with Gasteiger partial charge in [-0.15, -0.1) is 0 Å². The fraction of sp³-hybridized carbons (Fsp3) is 0.200. The van der Waals surface area contributed by atoms with Gasteiger partial charge >= 0.3 is 0 Å². The van der Waals surface area contributed by atoms with E-state index in [1.807, 2.05) is 6.07 Å². The lowest BCUT2D eigenvalue weighted by Gasteiger charge is -2.25. The van der Waals surface area contributed by atoms with Crippen molar-refractivity contribution in [2.45, 2.75) is 18.9 Å². The zero-order valence-corrected chi connectivity index (χ0v) is 14.6. The molecule has 0 aliphatic carbocycles. The van der Waals surface area contributed by atoms with Crippen LogP contribution < -0.4 is 0 Å². The van der Waals surface area contributed by atoms with E-state index in [9.17, 15) is 9.50 Å². The predicted octanol–water partition coefficient (Wildman–Crippen LogP) is 5.45. The first-order chi connectivity index (χ1) is 9.29. The Morgan fingerprint density at radius 3 is 2.50 bits per heavy atom. The molecule has 1 nitrogen and oxygen atoms in total. The van der Waals surface area contributed by atoms with Gasteiger partial charge in [0.1, 0.15) is 5.82 Å². The molecule has 1 atom stereocenters. The van der Waals surface area contributed by atoms with E-state index < -0.39 is 5.60 Å². The molecule has 0 saturated heterocycles. The van der Waals surface area contributed by atoms with Gasteiger partial charge in [0.05, 0.1) is 10.1 Å². The average Bonchev–Trinajstić information content (AvgIpc) is 2.33. The van der Waals surface area contributed by atoms with Gasteiger partial charge in [0, 0.05) is 21.5 Å². The van der Waals surface area contributed by atoms with Gasteiger partial charge in [-0.1, -0.05) is 39.7 Å². The van der Waals surface area contributed by atoms with Crippen LogP contribution in [0.25, 0.3) is 0 Å². The predicted molar refractivity (Wildman–Crippen MR) is 86.5 cm³/mol.